The van der Waals surface area contributed by atoms with Crippen molar-refractivity contribution in [2.45, 2.75) is 26.0 Å². The molecule has 0 saturated carbocycles. The highest BCUT2D eigenvalue weighted by Crippen LogP contribution is 2.27. The highest BCUT2D eigenvalue weighted by atomic mass is 79.9. The second-order valence-corrected chi connectivity index (χ2v) is 6.08. The molecule has 0 N–H and O–H groups in total. The topological polar surface area (TPSA) is 25.4 Å². The standard InChI is InChI=1S/C16H19BrN2O/c1-11-7-13-5-3-4-6-15(13)18-16(11)19-9-14(8-17)20-10-12(19)2/h3-7,12,14H,8-10H2,1-2H3. The molecule has 2 atom stereocenters. The Balaban J connectivity index is 2.01. The van der Waals surface area contributed by atoms with Crippen LogP contribution in [0.4, 0.5) is 5.82 Å². The number of aromatic nitrogens is 1. The Labute approximate surface area is 128 Å². The molecule has 1 aliphatic rings. The molecule has 0 aliphatic carbocycles. The van der Waals surface area contributed by atoms with Crippen LogP contribution in [0.1, 0.15) is 12.5 Å². The summed E-state index contributed by atoms with van der Waals surface area (Å²) in [6.45, 7) is 5.98. The Morgan fingerprint density at radius 2 is 2.20 bits per heavy atom. The largest absolute Gasteiger partial charge is 0.373 e. The second kappa shape index (κ2) is 5.70. The third-order valence-electron chi connectivity index (χ3n) is 3.84. The molecule has 2 heterocycles. The van der Waals surface area contributed by atoms with E-state index in [2.05, 4.69) is 58.9 Å². The number of hydrogen-bond acceptors (Lipinski definition) is 3. The SMILES string of the molecule is Cc1cc2ccccc2nc1N1CC(CBr)OCC1C. The van der Waals surface area contributed by atoms with Crippen molar-refractivity contribution >= 4 is 32.7 Å². The molecule has 4 heteroatoms. The van der Waals surface area contributed by atoms with E-state index in [9.17, 15) is 0 Å². The number of nitrogens with zero attached hydrogens (tertiary/aromatic N) is 2. The van der Waals surface area contributed by atoms with E-state index in [-0.39, 0.29) is 6.10 Å². The Morgan fingerprint density at radius 1 is 1.40 bits per heavy atom. The van der Waals surface area contributed by atoms with Gasteiger partial charge in [-0.3, -0.25) is 0 Å². The molecule has 2 aromatic rings. The number of halogens is 1. The molecule has 1 saturated heterocycles. The van der Waals surface area contributed by atoms with Crippen molar-refractivity contribution in [3.8, 4) is 0 Å². The molecule has 2 unspecified atom stereocenters. The van der Waals surface area contributed by atoms with Gasteiger partial charge in [0.15, 0.2) is 0 Å². The van der Waals surface area contributed by atoms with Crippen molar-refractivity contribution in [3.63, 3.8) is 0 Å². The van der Waals surface area contributed by atoms with Crippen LogP contribution in [0.5, 0.6) is 0 Å². The van der Waals surface area contributed by atoms with Gasteiger partial charge in [-0.1, -0.05) is 34.1 Å². The van der Waals surface area contributed by atoms with E-state index in [1.54, 1.807) is 0 Å². The summed E-state index contributed by atoms with van der Waals surface area (Å²) in [5.74, 6) is 1.09. The highest BCUT2D eigenvalue weighted by Gasteiger charge is 2.27. The number of hydrogen-bond donors (Lipinski definition) is 0. The number of aryl methyl sites for hydroxylation is 1. The van der Waals surface area contributed by atoms with Crippen LogP contribution in [-0.2, 0) is 4.74 Å². The van der Waals surface area contributed by atoms with E-state index >= 15 is 0 Å². The number of morpholine rings is 1. The summed E-state index contributed by atoms with van der Waals surface area (Å²) >= 11 is 3.52. The van der Waals surface area contributed by atoms with Crippen LogP contribution in [0.15, 0.2) is 30.3 Å². The molecule has 1 fully saturated rings. The first-order valence-corrected chi connectivity index (χ1v) is 8.12. The van der Waals surface area contributed by atoms with E-state index in [1.165, 1.54) is 10.9 Å². The molecule has 1 aromatic heterocycles. The van der Waals surface area contributed by atoms with Gasteiger partial charge in [0.2, 0.25) is 0 Å². The van der Waals surface area contributed by atoms with Crippen molar-refractivity contribution in [2.24, 2.45) is 0 Å². The Bertz CT molecular complexity index is 616. The first kappa shape index (κ1) is 13.8. The number of ether oxygens (including phenoxy) is 1. The number of alkyl halides is 1. The predicted octanol–water partition coefficient (Wildman–Crippen LogP) is 3.53. The minimum atomic E-state index is 0.235. The zero-order valence-electron chi connectivity index (χ0n) is 11.8. The predicted molar refractivity (Wildman–Crippen MR) is 86.8 cm³/mol. The summed E-state index contributed by atoms with van der Waals surface area (Å²) < 4.78 is 5.80. The summed E-state index contributed by atoms with van der Waals surface area (Å²) in [7, 11) is 0. The van der Waals surface area contributed by atoms with Crippen LogP contribution in [0, 0.1) is 6.92 Å². The number of benzene rings is 1. The smallest absolute Gasteiger partial charge is 0.132 e. The first-order valence-electron chi connectivity index (χ1n) is 6.99. The minimum absolute atomic E-state index is 0.235. The quantitative estimate of drug-likeness (QED) is 0.785. The van der Waals surface area contributed by atoms with Crippen molar-refractivity contribution in [1.29, 1.82) is 0 Å². The zero-order valence-corrected chi connectivity index (χ0v) is 13.4. The van der Waals surface area contributed by atoms with Gasteiger partial charge in [0, 0.05) is 17.3 Å². The van der Waals surface area contributed by atoms with Gasteiger partial charge in [0.1, 0.15) is 5.82 Å². The molecule has 0 spiro atoms. The maximum Gasteiger partial charge on any atom is 0.132 e. The van der Waals surface area contributed by atoms with E-state index in [0.29, 0.717) is 6.04 Å². The van der Waals surface area contributed by atoms with Crippen LogP contribution >= 0.6 is 15.9 Å². The molecule has 0 radical (unpaired) electrons. The van der Waals surface area contributed by atoms with Crippen LogP contribution in [-0.4, -0.2) is 35.6 Å². The summed E-state index contributed by atoms with van der Waals surface area (Å²) in [5.41, 5.74) is 2.29. The summed E-state index contributed by atoms with van der Waals surface area (Å²) in [6.07, 6.45) is 0.235. The second-order valence-electron chi connectivity index (χ2n) is 5.43. The molecule has 20 heavy (non-hydrogen) atoms. The molecular formula is C16H19BrN2O. The Hall–Kier alpha value is -1.13. The lowest BCUT2D eigenvalue weighted by Gasteiger charge is -2.39. The van der Waals surface area contributed by atoms with Gasteiger partial charge in [0.05, 0.1) is 24.3 Å². The summed E-state index contributed by atoms with van der Waals surface area (Å²) in [5, 5.41) is 2.06. The monoisotopic (exact) mass is 334 g/mol. The van der Waals surface area contributed by atoms with Crippen LogP contribution in [0.2, 0.25) is 0 Å². The maximum atomic E-state index is 5.80. The van der Waals surface area contributed by atoms with Crippen LogP contribution in [0.25, 0.3) is 10.9 Å². The van der Waals surface area contributed by atoms with Gasteiger partial charge in [0.25, 0.3) is 0 Å². The van der Waals surface area contributed by atoms with Gasteiger partial charge in [-0.2, -0.15) is 0 Å². The van der Waals surface area contributed by atoms with Crippen molar-refractivity contribution in [2.75, 3.05) is 23.4 Å². The molecule has 106 valence electrons. The van der Waals surface area contributed by atoms with E-state index < -0.39 is 0 Å². The van der Waals surface area contributed by atoms with E-state index in [0.717, 1.165) is 29.8 Å². The summed E-state index contributed by atoms with van der Waals surface area (Å²) in [4.78, 5) is 7.24. The average Bonchev–Trinajstić information content (AvgIpc) is 2.47. The van der Waals surface area contributed by atoms with Crippen LogP contribution in [0.3, 0.4) is 0 Å². The van der Waals surface area contributed by atoms with E-state index in [1.807, 2.05) is 6.07 Å². The van der Waals surface area contributed by atoms with E-state index in [4.69, 9.17) is 9.72 Å². The minimum Gasteiger partial charge on any atom is -0.373 e. The summed E-state index contributed by atoms with van der Waals surface area (Å²) in [6, 6.07) is 10.9. The maximum absolute atomic E-state index is 5.80. The van der Waals surface area contributed by atoms with Crippen molar-refractivity contribution < 1.29 is 4.74 Å². The molecule has 0 amide bonds. The van der Waals surface area contributed by atoms with Gasteiger partial charge < -0.3 is 9.64 Å². The van der Waals surface area contributed by atoms with Gasteiger partial charge in [-0.15, -0.1) is 0 Å². The van der Waals surface area contributed by atoms with Crippen molar-refractivity contribution in [3.05, 3.63) is 35.9 Å². The number of pyridine rings is 1. The van der Waals surface area contributed by atoms with Gasteiger partial charge in [-0.25, -0.2) is 4.98 Å². The molecule has 1 aromatic carbocycles. The number of para-hydroxylation sites is 1. The first-order chi connectivity index (χ1) is 9.69. The fourth-order valence-electron chi connectivity index (χ4n) is 2.71. The Kier molecular flexibility index (Phi) is 3.94. The molecule has 3 rings (SSSR count). The zero-order chi connectivity index (χ0) is 14.1. The third-order valence-corrected chi connectivity index (χ3v) is 4.56. The molecule has 3 nitrogen and oxygen atoms in total. The lowest BCUT2D eigenvalue weighted by Crippen LogP contribution is -2.49. The highest BCUT2D eigenvalue weighted by molar-refractivity contribution is 9.09. The average molecular weight is 335 g/mol. The van der Waals surface area contributed by atoms with Crippen molar-refractivity contribution in [1.82, 2.24) is 4.98 Å². The lowest BCUT2D eigenvalue weighted by molar-refractivity contribution is 0.0376. The Morgan fingerprint density at radius 3 is 3.00 bits per heavy atom. The number of fused-ring (bicyclic) bond motifs is 1. The number of rotatable bonds is 2. The molecule has 1 aliphatic heterocycles. The number of anilines is 1. The third kappa shape index (κ3) is 2.54. The molecular weight excluding hydrogens is 316 g/mol. The molecule has 0 bridgehead atoms. The van der Waals surface area contributed by atoms with Gasteiger partial charge in [-0.05, 0) is 31.5 Å². The normalized spacial score (nSPS) is 23.2. The van der Waals surface area contributed by atoms with Crippen LogP contribution < -0.4 is 4.90 Å². The lowest BCUT2D eigenvalue weighted by atomic mass is 10.1. The fourth-order valence-corrected chi connectivity index (χ4v) is 3.10. The fraction of sp³-hybridized carbons (Fsp3) is 0.438. The van der Waals surface area contributed by atoms with Gasteiger partial charge >= 0.3 is 0 Å².